The standard InChI is InChI=1S/C10H18N4O3S/c11-10(12,8(15)16)3-1-2-6-7-5(4-18-6)13-9(17)14-7/h5-7H,1-4,11-12H2,(H,15,16)(H2,13,14,17)/t5-,6-,7-/m0/s1. The van der Waals surface area contributed by atoms with Crippen molar-refractivity contribution in [2.45, 2.75) is 42.3 Å². The largest absolute Gasteiger partial charge is 0.479 e. The van der Waals surface area contributed by atoms with Crippen molar-refractivity contribution in [2.24, 2.45) is 11.5 Å². The van der Waals surface area contributed by atoms with E-state index in [-0.39, 0.29) is 24.5 Å². The molecule has 0 aromatic heterocycles. The first-order valence-corrected chi connectivity index (χ1v) is 6.95. The summed E-state index contributed by atoms with van der Waals surface area (Å²) in [5.41, 5.74) is 9.27. The van der Waals surface area contributed by atoms with Gasteiger partial charge in [0, 0.05) is 11.0 Å². The van der Waals surface area contributed by atoms with E-state index in [1.807, 2.05) is 0 Å². The van der Waals surface area contributed by atoms with Gasteiger partial charge in [-0.3, -0.25) is 0 Å². The molecule has 2 heterocycles. The average molecular weight is 274 g/mol. The second-order valence-corrected chi connectivity index (χ2v) is 6.13. The maximum absolute atomic E-state index is 11.2. The Morgan fingerprint density at radius 2 is 2.22 bits per heavy atom. The number of carboxylic acids is 1. The molecule has 18 heavy (non-hydrogen) atoms. The lowest BCUT2D eigenvalue weighted by molar-refractivity contribution is -0.143. The average Bonchev–Trinajstić information content (AvgIpc) is 2.78. The van der Waals surface area contributed by atoms with E-state index in [4.69, 9.17) is 16.6 Å². The number of nitrogens with one attached hydrogen (secondary N) is 2. The summed E-state index contributed by atoms with van der Waals surface area (Å²) in [6.45, 7) is 0. The quantitative estimate of drug-likeness (QED) is 0.323. The van der Waals surface area contributed by atoms with Crippen LogP contribution in [0.3, 0.4) is 0 Å². The summed E-state index contributed by atoms with van der Waals surface area (Å²) in [4.78, 5) is 21.9. The maximum Gasteiger partial charge on any atom is 0.338 e. The van der Waals surface area contributed by atoms with Crippen molar-refractivity contribution in [2.75, 3.05) is 5.75 Å². The van der Waals surface area contributed by atoms with Crippen molar-refractivity contribution in [1.29, 1.82) is 0 Å². The van der Waals surface area contributed by atoms with Crippen LogP contribution in [-0.2, 0) is 4.79 Å². The molecule has 0 aromatic rings. The molecule has 2 rings (SSSR count). The molecule has 0 aliphatic carbocycles. The van der Waals surface area contributed by atoms with Crippen LogP contribution in [0.4, 0.5) is 4.79 Å². The maximum atomic E-state index is 11.2. The summed E-state index contributed by atoms with van der Waals surface area (Å²) in [5.74, 6) is -0.293. The molecule has 7 nitrogen and oxygen atoms in total. The Hall–Kier alpha value is -0.990. The van der Waals surface area contributed by atoms with Gasteiger partial charge in [0.2, 0.25) is 0 Å². The van der Waals surface area contributed by atoms with Gasteiger partial charge >= 0.3 is 12.0 Å². The summed E-state index contributed by atoms with van der Waals surface area (Å²) in [5, 5.41) is 14.8. The lowest BCUT2D eigenvalue weighted by Gasteiger charge is -2.21. The molecular weight excluding hydrogens is 256 g/mol. The third-order valence-electron chi connectivity index (χ3n) is 3.42. The van der Waals surface area contributed by atoms with E-state index in [9.17, 15) is 9.59 Å². The molecule has 0 saturated carbocycles. The Morgan fingerprint density at radius 3 is 2.89 bits per heavy atom. The predicted molar refractivity (Wildman–Crippen MR) is 68.1 cm³/mol. The number of hydrogen-bond acceptors (Lipinski definition) is 5. The molecule has 2 amide bonds. The van der Waals surface area contributed by atoms with Crippen LogP contribution in [0.2, 0.25) is 0 Å². The summed E-state index contributed by atoms with van der Waals surface area (Å²) in [6, 6.07) is 0.206. The first-order valence-electron chi connectivity index (χ1n) is 5.90. The Bertz CT molecular complexity index is 363. The zero-order valence-corrected chi connectivity index (χ0v) is 10.7. The molecule has 2 aliphatic rings. The molecule has 0 unspecified atom stereocenters. The third kappa shape index (κ3) is 2.70. The molecule has 2 saturated heterocycles. The van der Waals surface area contributed by atoms with Crippen molar-refractivity contribution >= 4 is 23.8 Å². The molecule has 2 aliphatic heterocycles. The number of carbonyl (C=O) groups is 2. The Morgan fingerprint density at radius 1 is 1.50 bits per heavy atom. The normalized spacial score (nSPS) is 30.8. The van der Waals surface area contributed by atoms with Crippen LogP contribution in [0.25, 0.3) is 0 Å². The predicted octanol–water partition coefficient (Wildman–Crippen LogP) is -0.980. The number of carboxylic acid groups (broad SMARTS) is 1. The first kappa shape index (κ1) is 13.4. The van der Waals surface area contributed by atoms with Crippen molar-refractivity contribution in [3.05, 3.63) is 0 Å². The van der Waals surface area contributed by atoms with Gasteiger partial charge < -0.3 is 27.2 Å². The second-order valence-electron chi connectivity index (χ2n) is 4.86. The Balaban J connectivity index is 1.78. The molecule has 0 aromatic carbocycles. The van der Waals surface area contributed by atoms with Gasteiger partial charge in [0.1, 0.15) is 0 Å². The van der Waals surface area contributed by atoms with Crippen molar-refractivity contribution in [3.8, 4) is 0 Å². The number of urea groups is 1. The van der Waals surface area contributed by atoms with Gasteiger partial charge in [-0.25, -0.2) is 9.59 Å². The Labute approximate surface area is 109 Å². The lowest BCUT2D eigenvalue weighted by Crippen LogP contribution is -2.56. The summed E-state index contributed by atoms with van der Waals surface area (Å²) in [6.07, 6.45) is 1.67. The van der Waals surface area contributed by atoms with Crippen LogP contribution in [-0.4, -0.2) is 45.9 Å². The number of aliphatic carboxylic acids is 1. The number of amides is 2. The fourth-order valence-corrected chi connectivity index (χ4v) is 3.89. The molecule has 2 fully saturated rings. The van der Waals surface area contributed by atoms with E-state index in [0.29, 0.717) is 11.7 Å². The van der Waals surface area contributed by atoms with Crippen molar-refractivity contribution in [1.82, 2.24) is 10.6 Å². The minimum absolute atomic E-state index is 0.118. The van der Waals surface area contributed by atoms with Gasteiger partial charge in [0.25, 0.3) is 0 Å². The van der Waals surface area contributed by atoms with Crippen LogP contribution in [0, 0.1) is 0 Å². The number of thioether (sulfide) groups is 1. The molecule has 0 bridgehead atoms. The van der Waals surface area contributed by atoms with E-state index in [2.05, 4.69) is 10.6 Å². The summed E-state index contributed by atoms with van der Waals surface area (Å²) >= 11 is 1.79. The van der Waals surface area contributed by atoms with E-state index in [1.165, 1.54) is 0 Å². The number of fused-ring (bicyclic) bond motifs is 1. The van der Waals surface area contributed by atoms with Gasteiger partial charge in [-0.05, 0) is 19.3 Å². The molecule has 102 valence electrons. The van der Waals surface area contributed by atoms with Gasteiger partial charge in [0.05, 0.1) is 12.1 Å². The lowest BCUT2D eigenvalue weighted by atomic mass is 9.99. The van der Waals surface area contributed by atoms with Crippen molar-refractivity contribution in [3.63, 3.8) is 0 Å². The minimum Gasteiger partial charge on any atom is -0.479 e. The zero-order chi connectivity index (χ0) is 13.3. The van der Waals surface area contributed by atoms with Crippen LogP contribution in [0.1, 0.15) is 19.3 Å². The van der Waals surface area contributed by atoms with Crippen LogP contribution >= 0.6 is 11.8 Å². The first-order chi connectivity index (χ1) is 8.40. The third-order valence-corrected chi connectivity index (χ3v) is 4.92. The fraction of sp³-hybridized carbons (Fsp3) is 0.800. The van der Waals surface area contributed by atoms with Gasteiger partial charge in [-0.15, -0.1) is 0 Å². The highest BCUT2D eigenvalue weighted by molar-refractivity contribution is 8.00. The summed E-state index contributed by atoms with van der Waals surface area (Å²) < 4.78 is 0. The zero-order valence-electron chi connectivity index (χ0n) is 9.89. The van der Waals surface area contributed by atoms with E-state index < -0.39 is 11.6 Å². The van der Waals surface area contributed by atoms with Gasteiger partial charge in [-0.1, -0.05) is 0 Å². The second kappa shape index (κ2) is 4.94. The topological polar surface area (TPSA) is 130 Å². The number of rotatable bonds is 5. The minimum atomic E-state index is -1.65. The van der Waals surface area contributed by atoms with Crippen molar-refractivity contribution < 1.29 is 14.7 Å². The molecule has 3 atom stereocenters. The highest BCUT2D eigenvalue weighted by Crippen LogP contribution is 2.33. The van der Waals surface area contributed by atoms with E-state index in [1.54, 1.807) is 11.8 Å². The number of hydrogen-bond donors (Lipinski definition) is 5. The van der Waals surface area contributed by atoms with E-state index in [0.717, 1.165) is 12.2 Å². The van der Waals surface area contributed by atoms with Crippen LogP contribution < -0.4 is 22.1 Å². The fourth-order valence-electron chi connectivity index (χ4n) is 2.35. The molecule has 7 N–H and O–H groups in total. The number of carbonyl (C=O) groups excluding carboxylic acids is 1. The monoisotopic (exact) mass is 274 g/mol. The molecular formula is C10H18N4O3S. The molecule has 0 spiro atoms. The van der Waals surface area contributed by atoms with E-state index >= 15 is 0 Å². The van der Waals surface area contributed by atoms with Gasteiger partial charge in [0.15, 0.2) is 5.66 Å². The summed E-state index contributed by atoms with van der Waals surface area (Å²) in [7, 11) is 0. The molecule has 8 heteroatoms. The number of nitrogens with two attached hydrogens (primary N) is 2. The SMILES string of the molecule is NC(N)(CCC[C@@H]1SC[C@@H]2NC(=O)N[C@@H]21)C(=O)O. The van der Waals surface area contributed by atoms with Gasteiger partial charge in [-0.2, -0.15) is 11.8 Å². The van der Waals surface area contributed by atoms with Crippen LogP contribution in [0.5, 0.6) is 0 Å². The Kier molecular flexibility index (Phi) is 3.69. The highest BCUT2D eigenvalue weighted by atomic mass is 32.2. The smallest absolute Gasteiger partial charge is 0.338 e. The van der Waals surface area contributed by atoms with Crippen LogP contribution in [0.15, 0.2) is 0 Å². The molecule has 0 radical (unpaired) electrons. The highest BCUT2D eigenvalue weighted by Gasteiger charge is 2.42.